The molecule has 0 aliphatic heterocycles. The van der Waals surface area contributed by atoms with Crippen molar-refractivity contribution in [2.75, 3.05) is 13.1 Å². The van der Waals surface area contributed by atoms with Crippen LogP contribution < -0.4 is 10.6 Å². The summed E-state index contributed by atoms with van der Waals surface area (Å²) in [4.78, 5) is 22.0. The van der Waals surface area contributed by atoms with Crippen LogP contribution in [0.1, 0.15) is 31.2 Å². The molecular formula is C15H19FN2O3. The molecule has 1 fully saturated rings. The Labute approximate surface area is 122 Å². The maximum Gasteiger partial charge on any atom is 0.314 e. The summed E-state index contributed by atoms with van der Waals surface area (Å²) in [5.41, 5.74) is 0.902. The average Bonchev–Trinajstić information content (AvgIpc) is 2.39. The molecule has 2 rings (SSSR count). The van der Waals surface area contributed by atoms with Crippen molar-refractivity contribution < 1.29 is 19.1 Å². The Morgan fingerprint density at radius 1 is 1.19 bits per heavy atom. The van der Waals surface area contributed by atoms with Crippen LogP contribution in [0.3, 0.4) is 0 Å². The second-order valence-electron chi connectivity index (χ2n) is 5.39. The first kappa shape index (κ1) is 15.3. The van der Waals surface area contributed by atoms with Crippen LogP contribution in [0.25, 0.3) is 0 Å². The van der Waals surface area contributed by atoms with Crippen molar-refractivity contribution >= 4 is 12.0 Å². The van der Waals surface area contributed by atoms with E-state index in [1.165, 1.54) is 12.1 Å². The number of halogens is 1. The fourth-order valence-electron chi connectivity index (χ4n) is 2.57. The fourth-order valence-corrected chi connectivity index (χ4v) is 2.57. The number of hydrogen-bond donors (Lipinski definition) is 3. The molecule has 21 heavy (non-hydrogen) atoms. The van der Waals surface area contributed by atoms with Crippen LogP contribution in [0.5, 0.6) is 0 Å². The van der Waals surface area contributed by atoms with Gasteiger partial charge in [0, 0.05) is 18.5 Å². The first-order chi connectivity index (χ1) is 10.0. The Bertz CT molecular complexity index is 512. The Balaban J connectivity index is 1.86. The Morgan fingerprint density at radius 3 is 2.38 bits per heavy atom. The molecular weight excluding hydrogens is 275 g/mol. The fraction of sp³-hybridized carbons (Fsp3) is 0.467. The third kappa shape index (κ3) is 3.93. The second kappa shape index (κ2) is 6.56. The zero-order chi connectivity index (χ0) is 15.3. The molecule has 6 heteroatoms. The molecule has 0 saturated heterocycles. The van der Waals surface area contributed by atoms with E-state index < -0.39 is 5.97 Å². The average molecular weight is 294 g/mol. The van der Waals surface area contributed by atoms with E-state index in [1.54, 1.807) is 12.1 Å². The van der Waals surface area contributed by atoms with Gasteiger partial charge in [0.05, 0.1) is 6.42 Å². The summed E-state index contributed by atoms with van der Waals surface area (Å²) in [7, 11) is 0. The van der Waals surface area contributed by atoms with Crippen molar-refractivity contribution in [3.63, 3.8) is 0 Å². The predicted molar refractivity (Wildman–Crippen MR) is 75.6 cm³/mol. The molecule has 0 radical (unpaired) electrons. The lowest BCUT2D eigenvalue weighted by Gasteiger charge is -2.42. The van der Waals surface area contributed by atoms with Gasteiger partial charge in [0.2, 0.25) is 0 Å². The van der Waals surface area contributed by atoms with Gasteiger partial charge in [-0.2, -0.15) is 0 Å². The first-order valence-electron chi connectivity index (χ1n) is 7.01. The van der Waals surface area contributed by atoms with E-state index in [0.717, 1.165) is 24.8 Å². The summed E-state index contributed by atoms with van der Waals surface area (Å²) >= 11 is 0. The van der Waals surface area contributed by atoms with E-state index in [0.29, 0.717) is 6.54 Å². The van der Waals surface area contributed by atoms with Crippen molar-refractivity contribution in [2.24, 2.45) is 0 Å². The SMILES string of the molecule is O=C(O)CCNC(=O)NCC1(c2ccc(F)cc2)CCC1. The molecule has 0 heterocycles. The zero-order valence-electron chi connectivity index (χ0n) is 11.7. The van der Waals surface area contributed by atoms with Crippen LogP contribution in [0.2, 0.25) is 0 Å². The third-order valence-electron chi connectivity index (χ3n) is 3.98. The van der Waals surface area contributed by atoms with Gasteiger partial charge in [0.15, 0.2) is 0 Å². The molecule has 5 nitrogen and oxygen atoms in total. The Morgan fingerprint density at radius 2 is 1.86 bits per heavy atom. The molecule has 0 atom stereocenters. The van der Waals surface area contributed by atoms with E-state index in [1.807, 2.05) is 0 Å². The Hall–Kier alpha value is -2.11. The van der Waals surface area contributed by atoms with Gasteiger partial charge >= 0.3 is 12.0 Å². The highest BCUT2D eigenvalue weighted by molar-refractivity contribution is 5.75. The molecule has 0 bridgehead atoms. The number of rotatable bonds is 6. The molecule has 1 saturated carbocycles. The molecule has 0 unspecified atom stereocenters. The highest BCUT2D eigenvalue weighted by Gasteiger charge is 2.38. The number of hydrogen-bond acceptors (Lipinski definition) is 2. The number of aliphatic carboxylic acids is 1. The molecule has 2 amide bonds. The number of benzene rings is 1. The van der Waals surface area contributed by atoms with E-state index in [9.17, 15) is 14.0 Å². The minimum absolute atomic E-state index is 0.101. The first-order valence-corrected chi connectivity index (χ1v) is 7.01. The number of carboxylic acids is 1. The molecule has 0 aromatic heterocycles. The van der Waals surface area contributed by atoms with Gasteiger partial charge in [0.25, 0.3) is 0 Å². The largest absolute Gasteiger partial charge is 0.481 e. The minimum Gasteiger partial charge on any atom is -0.481 e. The van der Waals surface area contributed by atoms with Gasteiger partial charge in [-0.3, -0.25) is 4.79 Å². The highest BCUT2D eigenvalue weighted by Crippen LogP contribution is 2.43. The maximum absolute atomic E-state index is 13.0. The summed E-state index contributed by atoms with van der Waals surface area (Å²) in [6.07, 6.45) is 2.89. The van der Waals surface area contributed by atoms with Gasteiger partial charge in [-0.1, -0.05) is 18.6 Å². The van der Waals surface area contributed by atoms with Crippen molar-refractivity contribution in [1.29, 1.82) is 0 Å². The van der Waals surface area contributed by atoms with Crippen LogP contribution in [0.15, 0.2) is 24.3 Å². The van der Waals surface area contributed by atoms with Crippen LogP contribution in [0.4, 0.5) is 9.18 Å². The molecule has 1 aromatic rings. The van der Waals surface area contributed by atoms with Crippen molar-refractivity contribution in [1.82, 2.24) is 10.6 Å². The normalized spacial score (nSPS) is 15.9. The standard InChI is InChI=1S/C15H19FN2O3/c16-12-4-2-11(3-5-12)15(7-1-8-15)10-18-14(21)17-9-6-13(19)20/h2-5H,1,6-10H2,(H,19,20)(H2,17,18,21). The third-order valence-corrected chi connectivity index (χ3v) is 3.98. The van der Waals surface area contributed by atoms with E-state index in [4.69, 9.17) is 5.11 Å². The van der Waals surface area contributed by atoms with Crippen LogP contribution in [-0.2, 0) is 10.2 Å². The summed E-state index contributed by atoms with van der Waals surface area (Å²) in [5, 5.41) is 13.8. The quantitative estimate of drug-likeness (QED) is 0.751. The van der Waals surface area contributed by atoms with Gasteiger partial charge in [0.1, 0.15) is 5.82 Å². The van der Waals surface area contributed by atoms with Crippen molar-refractivity contribution in [3.8, 4) is 0 Å². The number of carbonyl (C=O) groups is 2. The number of urea groups is 1. The predicted octanol–water partition coefficient (Wildman–Crippen LogP) is 2.02. The van der Waals surface area contributed by atoms with Crippen molar-refractivity contribution in [3.05, 3.63) is 35.6 Å². The Kier molecular flexibility index (Phi) is 4.77. The van der Waals surface area contributed by atoms with Crippen LogP contribution in [0, 0.1) is 5.82 Å². The second-order valence-corrected chi connectivity index (χ2v) is 5.39. The number of carboxylic acid groups (broad SMARTS) is 1. The number of carbonyl (C=O) groups excluding carboxylic acids is 1. The zero-order valence-corrected chi connectivity index (χ0v) is 11.7. The van der Waals surface area contributed by atoms with E-state index in [2.05, 4.69) is 10.6 Å². The monoisotopic (exact) mass is 294 g/mol. The van der Waals surface area contributed by atoms with Gasteiger partial charge in [-0.15, -0.1) is 0 Å². The minimum atomic E-state index is -0.947. The molecule has 3 N–H and O–H groups in total. The van der Waals surface area contributed by atoms with Crippen molar-refractivity contribution in [2.45, 2.75) is 31.1 Å². The topological polar surface area (TPSA) is 78.4 Å². The van der Waals surface area contributed by atoms with Crippen LogP contribution >= 0.6 is 0 Å². The van der Waals surface area contributed by atoms with Gasteiger partial charge in [-0.25, -0.2) is 9.18 Å². The van der Waals surface area contributed by atoms with Gasteiger partial charge < -0.3 is 15.7 Å². The van der Waals surface area contributed by atoms with E-state index in [-0.39, 0.29) is 30.2 Å². The summed E-state index contributed by atoms with van der Waals surface area (Å²) < 4.78 is 13.0. The smallest absolute Gasteiger partial charge is 0.314 e. The summed E-state index contributed by atoms with van der Waals surface area (Å²) in [6, 6.07) is 6.02. The van der Waals surface area contributed by atoms with Crippen LogP contribution in [-0.4, -0.2) is 30.2 Å². The van der Waals surface area contributed by atoms with E-state index >= 15 is 0 Å². The molecule has 0 spiro atoms. The number of nitrogens with one attached hydrogen (secondary N) is 2. The molecule has 1 aliphatic rings. The maximum atomic E-state index is 13.0. The lowest BCUT2D eigenvalue weighted by Crippen LogP contribution is -2.48. The molecule has 114 valence electrons. The lowest BCUT2D eigenvalue weighted by molar-refractivity contribution is -0.136. The molecule has 1 aromatic carbocycles. The lowest BCUT2D eigenvalue weighted by atomic mass is 9.64. The highest BCUT2D eigenvalue weighted by atomic mass is 19.1. The summed E-state index contributed by atoms with van der Waals surface area (Å²) in [6.45, 7) is 0.572. The van der Waals surface area contributed by atoms with Gasteiger partial charge in [-0.05, 0) is 30.5 Å². The summed E-state index contributed by atoms with van der Waals surface area (Å²) in [5.74, 6) is -1.22. The molecule has 1 aliphatic carbocycles. The number of amides is 2.